The monoisotopic (exact) mass is 399 g/mol. The van der Waals surface area contributed by atoms with Crippen molar-refractivity contribution in [2.24, 2.45) is 0 Å². The third-order valence-electron chi connectivity index (χ3n) is 3.78. The van der Waals surface area contributed by atoms with Gasteiger partial charge < -0.3 is 4.74 Å². The van der Waals surface area contributed by atoms with Crippen LogP contribution in [0.3, 0.4) is 0 Å². The van der Waals surface area contributed by atoms with Crippen molar-refractivity contribution in [3.63, 3.8) is 0 Å². The van der Waals surface area contributed by atoms with Gasteiger partial charge in [-0.25, -0.2) is 14.2 Å². The van der Waals surface area contributed by atoms with Crippen LogP contribution in [-0.2, 0) is 4.74 Å². The molecule has 0 saturated heterocycles. The maximum absolute atomic E-state index is 13.8. The Bertz CT molecular complexity index is 1000. The second kappa shape index (κ2) is 8.62. The minimum atomic E-state index is -0.625. The van der Waals surface area contributed by atoms with Crippen LogP contribution in [0.5, 0.6) is 0 Å². The fourth-order valence-corrected chi connectivity index (χ4v) is 3.30. The van der Waals surface area contributed by atoms with E-state index in [2.05, 4.69) is 15.6 Å². The molecule has 1 heterocycles. The Kier molecular flexibility index (Phi) is 6.00. The molecule has 0 saturated carbocycles. The molecule has 2 N–H and O–H groups in total. The molecule has 3 rings (SSSR count). The minimum Gasteiger partial charge on any atom is -0.450 e. The predicted molar refractivity (Wildman–Crippen MR) is 107 cm³/mol. The lowest BCUT2D eigenvalue weighted by atomic mass is 10.1. The fraction of sp³-hybridized carbons (Fsp3) is 0.150. The van der Waals surface area contributed by atoms with E-state index in [9.17, 15) is 14.0 Å². The van der Waals surface area contributed by atoms with E-state index in [4.69, 9.17) is 4.74 Å². The van der Waals surface area contributed by atoms with Gasteiger partial charge in [-0.1, -0.05) is 53.3 Å². The number of benzene rings is 2. The Balaban J connectivity index is 1.91. The molecule has 28 heavy (non-hydrogen) atoms. The quantitative estimate of drug-likeness (QED) is 0.627. The summed E-state index contributed by atoms with van der Waals surface area (Å²) in [6, 6.07) is 13.2. The molecule has 0 spiro atoms. The molecule has 2 amide bonds. The summed E-state index contributed by atoms with van der Waals surface area (Å²) in [5, 5.41) is 5.88. The first-order valence-electron chi connectivity index (χ1n) is 8.55. The average Bonchev–Trinajstić information content (AvgIpc) is 3.04. The molecule has 0 aliphatic carbocycles. The zero-order chi connectivity index (χ0) is 20.1. The van der Waals surface area contributed by atoms with Crippen molar-refractivity contribution in [1.82, 2.24) is 4.98 Å². The van der Waals surface area contributed by atoms with Crippen LogP contribution < -0.4 is 10.6 Å². The Hall–Kier alpha value is -3.26. The number of ether oxygens (including phenoxy) is 1. The molecule has 0 fully saturated rings. The number of carbonyl (C=O) groups excluding carboxylic acids is 2. The van der Waals surface area contributed by atoms with Crippen molar-refractivity contribution >= 4 is 33.5 Å². The van der Waals surface area contributed by atoms with E-state index >= 15 is 0 Å². The normalized spacial score (nSPS) is 10.4. The summed E-state index contributed by atoms with van der Waals surface area (Å²) in [6.07, 6.45) is -0.619. The first kappa shape index (κ1) is 19.5. The summed E-state index contributed by atoms with van der Waals surface area (Å²) in [5.41, 5.74) is 2.24. The molecule has 0 aliphatic rings. The zero-order valence-electron chi connectivity index (χ0n) is 15.3. The number of aryl methyl sites for hydroxylation is 1. The number of rotatable bonds is 5. The Morgan fingerprint density at radius 1 is 1.11 bits per heavy atom. The number of hydrogen-bond donors (Lipinski definition) is 2. The topological polar surface area (TPSA) is 80.3 Å². The van der Waals surface area contributed by atoms with E-state index in [1.54, 1.807) is 13.0 Å². The largest absolute Gasteiger partial charge is 0.450 e. The smallest absolute Gasteiger partial charge is 0.412 e. The van der Waals surface area contributed by atoms with Gasteiger partial charge in [0, 0.05) is 5.56 Å². The highest BCUT2D eigenvalue weighted by Gasteiger charge is 2.19. The number of anilines is 2. The number of amides is 2. The van der Waals surface area contributed by atoms with Crippen molar-refractivity contribution in [2.75, 3.05) is 17.2 Å². The molecule has 3 aromatic rings. The Morgan fingerprint density at radius 3 is 2.50 bits per heavy atom. The molecule has 8 heteroatoms. The van der Waals surface area contributed by atoms with Gasteiger partial charge in [0.25, 0.3) is 5.91 Å². The van der Waals surface area contributed by atoms with Crippen LogP contribution in [0.25, 0.3) is 11.3 Å². The first-order valence-corrected chi connectivity index (χ1v) is 9.37. The van der Waals surface area contributed by atoms with Gasteiger partial charge in [0.05, 0.1) is 12.2 Å². The van der Waals surface area contributed by atoms with Gasteiger partial charge in [0.1, 0.15) is 16.5 Å². The van der Waals surface area contributed by atoms with Crippen LogP contribution in [0, 0.1) is 12.7 Å². The summed E-state index contributed by atoms with van der Waals surface area (Å²) in [7, 11) is 0. The van der Waals surface area contributed by atoms with E-state index < -0.39 is 17.8 Å². The van der Waals surface area contributed by atoms with E-state index in [-0.39, 0.29) is 17.3 Å². The molecule has 0 aliphatic heterocycles. The highest BCUT2D eigenvalue weighted by atomic mass is 32.1. The lowest BCUT2D eigenvalue weighted by molar-refractivity contribution is 0.102. The molecule has 0 radical (unpaired) electrons. The van der Waals surface area contributed by atoms with Gasteiger partial charge in [0.15, 0.2) is 5.13 Å². The number of hydrogen-bond acceptors (Lipinski definition) is 5. The molecular weight excluding hydrogens is 381 g/mol. The zero-order valence-corrected chi connectivity index (χ0v) is 16.1. The number of halogens is 1. The first-order chi connectivity index (χ1) is 13.5. The van der Waals surface area contributed by atoms with Crippen molar-refractivity contribution < 1.29 is 18.7 Å². The SMILES string of the molecule is CCOC(=O)Nc1sc(NC(=O)c2ccccc2F)nc1-c1ccc(C)cc1. The van der Waals surface area contributed by atoms with Gasteiger partial charge in [-0.15, -0.1) is 0 Å². The minimum absolute atomic E-state index is 0.0884. The van der Waals surface area contributed by atoms with E-state index in [1.807, 2.05) is 31.2 Å². The van der Waals surface area contributed by atoms with Crippen molar-refractivity contribution in [2.45, 2.75) is 13.8 Å². The Morgan fingerprint density at radius 2 is 1.82 bits per heavy atom. The average molecular weight is 399 g/mol. The molecule has 144 valence electrons. The van der Waals surface area contributed by atoms with Gasteiger partial charge in [-0.3, -0.25) is 15.4 Å². The van der Waals surface area contributed by atoms with Crippen LogP contribution in [0.4, 0.5) is 19.3 Å². The van der Waals surface area contributed by atoms with Gasteiger partial charge in [-0.05, 0) is 26.0 Å². The predicted octanol–water partition coefficient (Wildman–Crippen LogP) is 5.08. The second-order valence-corrected chi connectivity index (χ2v) is 6.84. The molecule has 0 atom stereocenters. The van der Waals surface area contributed by atoms with Crippen LogP contribution in [0.1, 0.15) is 22.8 Å². The molecular formula is C20H18FN3O3S. The third kappa shape index (κ3) is 4.52. The lowest BCUT2D eigenvalue weighted by Gasteiger charge is -2.05. The Labute approximate surface area is 165 Å². The molecule has 0 bridgehead atoms. The number of nitrogens with one attached hydrogen (secondary N) is 2. The summed E-state index contributed by atoms with van der Waals surface area (Å²) in [6.45, 7) is 3.89. The molecule has 6 nitrogen and oxygen atoms in total. The summed E-state index contributed by atoms with van der Waals surface area (Å²) in [4.78, 5) is 28.6. The van der Waals surface area contributed by atoms with Crippen molar-refractivity contribution in [3.8, 4) is 11.3 Å². The lowest BCUT2D eigenvalue weighted by Crippen LogP contribution is -2.13. The van der Waals surface area contributed by atoms with E-state index in [1.165, 1.54) is 18.2 Å². The van der Waals surface area contributed by atoms with E-state index in [0.29, 0.717) is 10.7 Å². The van der Waals surface area contributed by atoms with Crippen LogP contribution in [0.2, 0.25) is 0 Å². The molecule has 1 aromatic heterocycles. The number of nitrogens with zero attached hydrogens (tertiary/aromatic N) is 1. The maximum Gasteiger partial charge on any atom is 0.412 e. The van der Waals surface area contributed by atoms with Crippen LogP contribution in [0.15, 0.2) is 48.5 Å². The fourth-order valence-electron chi connectivity index (χ4n) is 2.44. The maximum atomic E-state index is 13.8. The third-order valence-corrected chi connectivity index (χ3v) is 4.67. The van der Waals surface area contributed by atoms with Crippen molar-refractivity contribution in [1.29, 1.82) is 0 Å². The van der Waals surface area contributed by atoms with E-state index in [0.717, 1.165) is 22.5 Å². The summed E-state index contributed by atoms with van der Waals surface area (Å²) >= 11 is 1.06. The molecule has 2 aromatic carbocycles. The van der Waals surface area contributed by atoms with Crippen LogP contribution >= 0.6 is 11.3 Å². The summed E-state index contributed by atoms with van der Waals surface area (Å²) in [5.74, 6) is -1.25. The van der Waals surface area contributed by atoms with Gasteiger partial charge in [-0.2, -0.15) is 0 Å². The van der Waals surface area contributed by atoms with Gasteiger partial charge >= 0.3 is 6.09 Å². The number of carbonyl (C=O) groups is 2. The summed E-state index contributed by atoms with van der Waals surface area (Å²) < 4.78 is 18.8. The highest BCUT2D eigenvalue weighted by Crippen LogP contribution is 2.36. The molecule has 0 unspecified atom stereocenters. The second-order valence-electron chi connectivity index (χ2n) is 5.84. The van der Waals surface area contributed by atoms with Gasteiger partial charge in [0.2, 0.25) is 0 Å². The number of aromatic nitrogens is 1. The standard InChI is InChI=1S/C20H18FN3O3S/c1-3-27-20(26)24-18-16(13-10-8-12(2)9-11-13)22-19(28-18)23-17(25)14-6-4-5-7-15(14)21/h4-11H,3H2,1-2H3,(H,24,26)(H,22,23,25). The highest BCUT2D eigenvalue weighted by molar-refractivity contribution is 7.20. The van der Waals surface area contributed by atoms with Crippen molar-refractivity contribution in [3.05, 3.63) is 65.5 Å². The number of thiazole rings is 1. The van der Waals surface area contributed by atoms with Crippen LogP contribution in [-0.4, -0.2) is 23.6 Å².